The molecule has 1 saturated heterocycles. The highest BCUT2D eigenvalue weighted by Gasteiger charge is 2.40. The summed E-state index contributed by atoms with van der Waals surface area (Å²) in [6.45, 7) is -0.0639. The van der Waals surface area contributed by atoms with Gasteiger partial charge < -0.3 is 10.2 Å². The molecule has 2 heterocycles. The van der Waals surface area contributed by atoms with Gasteiger partial charge in [0.2, 0.25) is 11.8 Å². The van der Waals surface area contributed by atoms with Crippen LogP contribution in [-0.2, 0) is 22.7 Å². The topological polar surface area (TPSA) is 95.6 Å². The molecule has 0 spiro atoms. The predicted octanol–water partition coefficient (Wildman–Crippen LogP) is 2.39. The number of halogens is 1. The van der Waals surface area contributed by atoms with Crippen LogP contribution in [0.3, 0.4) is 0 Å². The zero-order valence-corrected chi connectivity index (χ0v) is 17.3. The third kappa shape index (κ3) is 3.66. The maximum atomic E-state index is 15.2. The van der Waals surface area contributed by atoms with Gasteiger partial charge in [0.25, 0.3) is 11.8 Å². The fourth-order valence-corrected chi connectivity index (χ4v) is 4.39. The molecule has 2 N–H and O–H groups in total. The van der Waals surface area contributed by atoms with Gasteiger partial charge in [-0.15, -0.1) is 0 Å². The van der Waals surface area contributed by atoms with Crippen LogP contribution in [0.15, 0.2) is 36.4 Å². The molecule has 2 aromatic carbocycles. The van der Waals surface area contributed by atoms with Crippen molar-refractivity contribution < 1.29 is 23.6 Å². The molecule has 7 nitrogen and oxygen atoms in total. The molecule has 2 fully saturated rings. The number of benzene rings is 2. The maximum Gasteiger partial charge on any atom is 0.255 e. The first-order valence-corrected chi connectivity index (χ1v) is 10.8. The van der Waals surface area contributed by atoms with Gasteiger partial charge in [-0.1, -0.05) is 18.2 Å². The number of fused-ring (bicyclic) bond motifs is 1. The smallest absolute Gasteiger partial charge is 0.255 e. The summed E-state index contributed by atoms with van der Waals surface area (Å²) >= 11 is 0. The molecule has 4 amide bonds. The van der Waals surface area contributed by atoms with Crippen molar-refractivity contribution in [1.29, 1.82) is 0 Å². The van der Waals surface area contributed by atoms with E-state index in [1.807, 2.05) is 12.1 Å². The molecule has 2 aliphatic heterocycles. The normalized spacial score (nSPS) is 20.2. The fraction of sp³-hybridized carbons (Fsp3) is 0.333. The lowest BCUT2D eigenvalue weighted by Gasteiger charge is -2.29. The van der Waals surface area contributed by atoms with E-state index in [2.05, 4.69) is 10.6 Å². The van der Waals surface area contributed by atoms with Crippen LogP contribution in [-0.4, -0.2) is 34.6 Å². The molecule has 164 valence electrons. The van der Waals surface area contributed by atoms with Crippen molar-refractivity contribution >= 4 is 23.6 Å². The summed E-state index contributed by atoms with van der Waals surface area (Å²) in [5.74, 6) is -1.59. The highest BCUT2D eigenvalue weighted by molar-refractivity contribution is 6.05. The van der Waals surface area contributed by atoms with Crippen LogP contribution < -0.4 is 10.6 Å². The highest BCUT2D eigenvalue weighted by Crippen LogP contribution is 2.39. The molecule has 0 aromatic heterocycles. The first-order valence-electron chi connectivity index (χ1n) is 10.8. The lowest BCUT2D eigenvalue weighted by molar-refractivity contribution is -0.136. The van der Waals surface area contributed by atoms with Gasteiger partial charge in [0.05, 0.1) is 6.54 Å². The number of nitrogens with zero attached hydrogens (tertiary/aromatic N) is 1. The van der Waals surface area contributed by atoms with E-state index in [4.69, 9.17) is 0 Å². The summed E-state index contributed by atoms with van der Waals surface area (Å²) in [6, 6.07) is 9.68. The number of amides is 4. The van der Waals surface area contributed by atoms with E-state index in [1.165, 1.54) is 35.4 Å². The van der Waals surface area contributed by atoms with Gasteiger partial charge in [-0.25, -0.2) is 4.39 Å². The molecule has 1 atom stereocenters. The minimum absolute atomic E-state index is 0.0189. The largest absolute Gasteiger partial charge is 0.348 e. The molecular weight excluding hydrogens is 413 g/mol. The minimum Gasteiger partial charge on any atom is -0.348 e. The summed E-state index contributed by atoms with van der Waals surface area (Å²) in [5, 5.41) is 4.96. The molecule has 0 bridgehead atoms. The Morgan fingerprint density at radius 2 is 1.81 bits per heavy atom. The van der Waals surface area contributed by atoms with Crippen LogP contribution in [0.5, 0.6) is 0 Å². The summed E-state index contributed by atoms with van der Waals surface area (Å²) in [5.41, 5.74) is 2.43. The Bertz CT molecular complexity index is 1140. The second kappa shape index (κ2) is 7.85. The number of hydrogen-bond acceptors (Lipinski definition) is 4. The Morgan fingerprint density at radius 3 is 2.50 bits per heavy atom. The average molecular weight is 435 g/mol. The Hall–Kier alpha value is -3.55. The minimum atomic E-state index is -0.797. The second-order valence-corrected chi connectivity index (χ2v) is 8.54. The van der Waals surface area contributed by atoms with E-state index >= 15 is 4.39 Å². The average Bonchev–Trinajstić information content (AvgIpc) is 3.58. The standard InChI is InChI=1S/C24H22FN3O4/c25-21-16(11-26-22(30)15-5-3-14(4-6-15)13-1-2-13)7-8-17-18(21)12-28(24(17)32)19-9-10-20(29)27-23(19)31/h3-8,13,19H,1-2,9-12H2,(H,26,30)(H,27,29,31). The Labute approximate surface area is 184 Å². The molecule has 3 aliphatic rings. The van der Waals surface area contributed by atoms with E-state index in [0.29, 0.717) is 11.5 Å². The van der Waals surface area contributed by atoms with Crippen LogP contribution in [0.4, 0.5) is 4.39 Å². The summed E-state index contributed by atoms with van der Waals surface area (Å²) in [6.07, 6.45) is 2.73. The Kier molecular flexibility index (Phi) is 5.00. The zero-order chi connectivity index (χ0) is 22.4. The molecule has 1 saturated carbocycles. The third-order valence-electron chi connectivity index (χ3n) is 6.39. The molecule has 32 heavy (non-hydrogen) atoms. The third-order valence-corrected chi connectivity index (χ3v) is 6.39. The highest BCUT2D eigenvalue weighted by atomic mass is 19.1. The quantitative estimate of drug-likeness (QED) is 0.705. The van der Waals surface area contributed by atoms with Crippen molar-refractivity contribution in [2.75, 3.05) is 0 Å². The predicted molar refractivity (Wildman–Crippen MR) is 112 cm³/mol. The lowest BCUT2D eigenvalue weighted by atomic mass is 10.0. The summed E-state index contributed by atoms with van der Waals surface area (Å²) in [7, 11) is 0. The first-order chi connectivity index (χ1) is 15.4. The van der Waals surface area contributed by atoms with Gasteiger partial charge in [0.15, 0.2) is 0 Å². The molecule has 5 rings (SSSR count). The monoisotopic (exact) mass is 435 g/mol. The van der Waals surface area contributed by atoms with Gasteiger partial charge in [0.1, 0.15) is 11.9 Å². The van der Waals surface area contributed by atoms with E-state index in [9.17, 15) is 19.2 Å². The van der Waals surface area contributed by atoms with E-state index in [-0.39, 0.29) is 54.4 Å². The van der Waals surface area contributed by atoms with Crippen LogP contribution in [0.1, 0.15) is 69.0 Å². The lowest BCUT2D eigenvalue weighted by Crippen LogP contribution is -2.52. The van der Waals surface area contributed by atoms with Crippen LogP contribution in [0, 0.1) is 5.82 Å². The van der Waals surface area contributed by atoms with Crippen molar-refractivity contribution in [3.8, 4) is 0 Å². The van der Waals surface area contributed by atoms with Crippen molar-refractivity contribution in [3.63, 3.8) is 0 Å². The Balaban J connectivity index is 1.27. The van der Waals surface area contributed by atoms with Crippen molar-refractivity contribution in [2.45, 2.75) is 50.7 Å². The molecular formula is C24H22FN3O4. The summed E-state index contributed by atoms with van der Waals surface area (Å²) in [4.78, 5) is 50.0. The molecule has 8 heteroatoms. The maximum absolute atomic E-state index is 15.2. The number of imide groups is 1. The molecule has 0 radical (unpaired) electrons. The van der Waals surface area contributed by atoms with Crippen LogP contribution in [0.25, 0.3) is 0 Å². The number of carbonyl (C=O) groups is 4. The number of nitrogens with one attached hydrogen (secondary N) is 2. The molecule has 2 aromatic rings. The number of piperidine rings is 1. The number of rotatable bonds is 5. The fourth-order valence-electron chi connectivity index (χ4n) is 4.39. The molecule has 1 aliphatic carbocycles. The zero-order valence-electron chi connectivity index (χ0n) is 17.3. The van der Waals surface area contributed by atoms with E-state index in [1.54, 1.807) is 12.1 Å². The van der Waals surface area contributed by atoms with Crippen LogP contribution >= 0.6 is 0 Å². The number of hydrogen-bond donors (Lipinski definition) is 2. The van der Waals surface area contributed by atoms with Crippen molar-refractivity contribution in [3.05, 3.63) is 70.0 Å². The van der Waals surface area contributed by atoms with Gasteiger partial charge in [0, 0.05) is 35.2 Å². The second-order valence-electron chi connectivity index (χ2n) is 8.54. The van der Waals surface area contributed by atoms with Gasteiger partial charge in [-0.05, 0) is 48.9 Å². The Morgan fingerprint density at radius 1 is 1.06 bits per heavy atom. The number of carbonyl (C=O) groups excluding carboxylic acids is 4. The van der Waals surface area contributed by atoms with E-state index in [0.717, 1.165) is 0 Å². The van der Waals surface area contributed by atoms with Gasteiger partial charge in [-0.2, -0.15) is 0 Å². The van der Waals surface area contributed by atoms with Crippen molar-refractivity contribution in [2.24, 2.45) is 0 Å². The SMILES string of the molecule is O=C1CCC(N2Cc3c(ccc(CNC(=O)c4ccc(C5CC5)cc4)c3F)C2=O)C(=O)N1. The van der Waals surface area contributed by atoms with Crippen LogP contribution in [0.2, 0.25) is 0 Å². The molecule has 1 unspecified atom stereocenters. The van der Waals surface area contributed by atoms with Gasteiger partial charge in [-0.3, -0.25) is 24.5 Å². The van der Waals surface area contributed by atoms with E-state index < -0.39 is 23.7 Å². The van der Waals surface area contributed by atoms with Crippen molar-refractivity contribution in [1.82, 2.24) is 15.5 Å². The first kappa shape index (κ1) is 20.4. The van der Waals surface area contributed by atoms with Gasteiger partial charge >= 0.3 is 0 Å². The summed E-state index contributed by atoms with van der Waals surface area (Å²) < 4.78 is 15.2.